The highest BCUT2D eigenvalue weighted by Gasteiger charge is 2.27. The molecule has 0 aromatic carbocycles. The summed E-state index contributed by atoms with van der Waals surface area (Å²) in [6.45, 7) is 2.25. The average molecular weight is 278 g/mol. The summed E-state index contributed by atoms with van der Waals surface area (Å²) in [6.07, 6.45) is 7.91. The van der Waals surface area contributed by atoms with Gasteiger partial charge in [0.25, 0.3) is 5.56 Å². The zero-order chi connectivity index (χ0) is 13.9. The molecule has 20 heavy (non-hydrogen) atoms. The third kappa shape index (κ3) is 2.86. The Labute approximate surface area is 118 Å². The minimum Gasteiger partial charge on any atom is -0.395 e. The second-order valence-corrected chi connectivity index (χ2v) is 5.66. The van der Waals surface area contributed by atoms with Crippen molar-refractivity contribution >= 4 is 5.82 Å². The van der Waals surface area contributed by atoms with Crippen LogP contribution in [-0.4, -0.2) is 46.9 Å². The van der Waals surface area contributed by atoms with E-state index in [1.807, 2.05) is 4.90 Å². The summed E-state index contributed by atoms with van der Waals surface area (Å²) in [6, 6.07) is 0.738. The molecule has 6 nitrogen and oxygen atoms in total. The van der Waals surface area contributed by atoms with Crippen molar-refractivity contribution in [2.75, 3.05) is 31.1 Å². The predicted molar refractivity (Wildman–Crippen MR) is 77.1 cm³/mol. The lowest BCUT2D eigenvalue weighted by Gasteiger charge is -2.25. The summed E-state index contributed by atoms with van der Waals surface area (Å²) in [7, 11) is 0. The first kappa shape index (κ1) is 13.6. The molecule has 0 radical (unpaired) electrons. The molecule has 1 aromatic heterocycles. The van der Waals surface area contributed by atoms with Gasteiger partial charge in [-0.15, -0.1) is 0 Å². The molecule has 1 aliphatic heterocycles. The number of nitrogens with one attached hydrogen (secondary N) is 1. The second-order valence-electron chi connectivity index (χ2n) is 5.66. The van der Waals surface area contributed by atoms with Crippen LogP contribution in [0.1, 0.15) is 31.7 Å². The van der Waals surface area contributed by atoms with Gasteiger partial charge in [-0.3, -0.25) is 4.79 Å². The average Bonchev–Trinajstić information content (AvgIpc) is 3.16. The van der Waals surface area contributed by atoms with Gasteiger partial charge in [0, 0.05) is 37.6 Å². The fraction of sp³-hybridized carbons (Fsp3) is 0.714. The Kier molecular flexibility index (Phi) is 4.03. The van der Waals surface area contributed by atoms with Gasteiger partial charge in [-0.25, -0.2) is 4.98 Å². The second kappa shape index (κ2) is 5.93. The predicted octanol–water partition coefficient (Wildman–Crippen LogP) is 0.129. The van der Waals surface area contributed by atoms with E-state index >= 15 is 0 Å². The number of aliphatic hydroxyl groups excluding tert-OH is 1. The highest BCUT2D eigenvalue weighted by Crippen LogP contribution is 2.33. The summed E-state index contributed by atoms with van der Waals surface area (Å²) in [5.74, 6) is 0.474. The molecule has 0 spiro atoms. The topological polar surface area (TPSA) is 70.4 Å². The molecule has 2 fully saturated rings. The van der Waals surface area contributed by atoms with Crippen molar-refractivity contribution in [1.82, 2.24) is 14.9 Å². The van der Waals surface area contributed by atoms with Crippen molar-refractivity contribution in [3.05, 3.63) is 22.7 Å². The Morgan fingerprint density at radius 1 is 1.45 bits per heavy atom. The van der Waals surface area contributed by atoms with Gasteiger partial charge in [-0.2, -0.15) is 0 Å². The van der Waals surface area contributed by atoms with E-state index in [0.717, 1.165) is 32.4 Å². The van der Waals surface area contributed by atoms with Crippen LogP contribution in [0.15, 0.2) is 17.2 Å². The van der Waals surface area contributed by atoms with Crippen LogP contribution in [-0.2, 0) is 0 Å². The number of hydrogen-bond donors (Lipinski definition) is 2. The standard InChI is InChI=1S/C14H22N4O2/c19-9-8-17(10-11-2-1-5-15-11)13-14(20)18(7-6-16-13)12-3-4-12/h6-7,11-12,15,19H,1-5,8-10H2. The fourth-order valence-corrected chi connectivity index (χ4v) is 2.85. The van der Waals surface area contributed by atoms with Crippen LogP contribution in [0.5, 0.6) is 0 Å². The third-order valence-electron chi connectivity index (χ3n) is 4.06. The first-order valence-corrected chi connectivity index (χ1v) is 7.46. The molecule has 110 valence electrons. The fourth-order valence-electron chi connectivity index (χ4n) is 2.85. The van der Waals surface area contributed by atoms with Gasteiger partial charge in [0.05, 0.1) is 6.61 Å². The zero-order valence-corrected chi connectivity index (χ0v) is 11.7. The van der Waals surface area contributed by atoms with Crippen LogP contribution < -0.4 is 15.8 Å². The molecule has 1 atom stereocenters. The third-order valence-corrected chi connectivity index (χ3v) is 4.06. The van der Waals surface area contributed by atoms with E-state index < -0.39 is 0 Å². The molecule has 0 amide bonds. The lowest BCUT2D eigenvalue weighted by molar-refractivity contribution is 0.300. The van der Waals surface area contributed by atoms with Gasteiger partial charge >= 0.3 is 0 Å². The Balaban J connectivity index is 1.82. The van der Waals surface area contributed by atoms with Crippen LogP contribution >= 0.6 is 0 Å². The van der Waals surface area contributed by atoms with Crippen LogP contribution in [0.2, 0.25) is 0 Å². The first-order valence-electron chi connectivity index (χ1n) is 7.46. The maximum Gasteiger partial charge on any atom is 0.293 e. The zero-order valence-electron chi connectivity index (χ0n) is 11.7. The summed E-state index contributed by atoms with van der Waals surface area (Å²) in [5.41, 5.74) is -0.0264. The highest BCUT2D eigenvalue weighted by molar-refractivity contribution is 5.36. The van der Waals surface area contributed by atoms with E-state index in [9.17, 15) is 9.90 Å². The quantitative estimate of drug-likeness (QED) is 0.774. The minimum atomic E-state index is -0.0264. The number of nitrogens with zero attached hydrogens (tertiary/aromatic N) is 3. The summed E-state index contributed by atoms with van der Waals surface area (Å²) in [4.78, 5) is 18.7. The van der Waals surface area contributed by atoms with Crippen LogP contribution in [0.3, 0.4) is 0 Å². The largest absolute Gasteiger partial charge is 0.395 e. The molecule has 1 saturated carbocycles. The van der Waals surface area contributed by atoms with Gasteiger partial charge in [0.2, 0.25) is 0 Å². The number of anilines is 1. The lowest BCUT2D eigenvalue weighted by Crippen LogP contribution is -2.42. The number of aliphatic hydroxyl groups is 1. The Morgan fingerprint density at radius 3 is 2.95 bits per heavy atom. The van der Waals surface area contributed by atoms with Crippen molar-refractivity contribution in [2.24, 2.45) is 0 Å². The van der Waals surface area contributed by atoms with Gasteiger partial charge < -0.3 is 19.9 Å². The summed E-state index contributed by atoms with van der Waals surface area (Å²) < 4.78 is 1.79. The van der Waals surface area contributed by atoms with Crippen molar-refractivity contribution in [3.63, 3.8) is 0 Å². The molecule has 6 heteroatoms. The molecular formula is C14H22N4O2. The Bertz CT molecular complexity index is 506. The molecule has 2 heterocycles. The molecular weight excluding hydrogens is 256 g/mol. The van der Waals surface area contributed by atoms with E-state index in [4.69, 9.17) is 0 Å². The van der Waals surface area contributed by atoms with Crippen molar-refractivity contribution in [3.8, 4) is 0 Å². The summed E-state index contributed by atoms with van der Waals surface area (Å²) in [5, 5.41) is 12.7. The van der Waals surface area contributed by atoms with Crippen molar-refractivity contribution < 1.29 is 5.11 Å². The van der Waals surface area contributed by atoms with E-state index in [0.29, 0.717) is 24.4 Å². The smallest absolute Gasteiger partial charge is 0.293 e. The van der Waals surface area contributed by atoms with Crippen LogP contribution in [0, 0.1) is 0 Å². The first-order chi connectivity index (χ1) is 9.79. The molecule has 1 aromatic rings. The minimum absolute atomic E-state index is 0.0264. The molecule has 1 unspecified atom stereocenters. The molecule has 2 aliphatic rings. The Morgan fingerprint density at radius 2 is 2.30 bits per heavy atom. The summed E-state index contributed by atoms with van der Waals surface area (Å²) >= 11 is 0. The maximum absolute atomic E-state index is 12.5. The Hall–Kier alpha value is -1.40. The molecule has 1 saturated heterocycles. The van der Waals surface area contributed by atoms with Crippen molar-refractivity contribution in [2.45, 2.75) is 37.8 Å². The molecule has 3 rings (SSSR count). The van der Waals surface area contributed by atoms with E-state index in [1.165, 1.54) is 6.42 Å². The van der Waals surface area contributed by atoms with E-state index in [1.54, 1.807) is 17.0 Å². The molecule has 2 N–H and O–H groups in total. The van der Waals surface area contributed by atoms with Crippen molar-refractivity contribution in [1.29, 1.82) is 0 Å². The SMILES string of the molecule is O=c1c(N(CCO)CC2CCCN2)nccn1C1CC1. The van der Waals surface area contributed by atoms with Gasteiger partial charge in [0.1, 0.15) is 0 Å². The van der Waals surface area contributed by atoms with Gasteiger partial charge in [-0.1, -0.05) is 0 Å². The van der Waals surface area contributed by atoms with E-state index in [2.05, 4.69) is 10.3 Å². The van der Waals surface area contributed by atoms with Crippen LogP contribution in [0.4, 0.5) is 5.82 Å². The lowest BCUT2D eigenvalue weighted by atomic mass is 10.2. The number of hydrogen-bond acceptors (Lipinski definition) is 5. The van der Waals surface area contributed by atoms with Gasteiger partial charge in [-0.05, 0) is 32.2 Å². The number of aromatic nitrogens is 2. The van der Waals surface area contributed by atoms with Gasteiger partial charge in [0.15, 0.2) is 5.82 Å². The monoisotopic (exact) mass is 278 g/mol. The molecule has 0 bridgehead atoms. The highest BCUT2D eigenvalue weighted by atomic mass is 16.3. The maximum atomic E-state index is 12.5. The van der Waals surface area contributed by atoms with Crippen LogP contribution in [0.25, 0.3) is 0 Å². The normalized spacial score (nSPS) is 22.1. The van der Waals surface area contributed by atoms with E-state index in [-0.39, 0.29) is 12.2 Å². The number of rotatable bonds is 6. The molecule has 1 aliphatic carbocycles.